The van der Waals surface area contributed by atoms with Crippen molar-refractivity contribution < 1.29 is 14.6 Å². The van der Waals surface area contributed by atoms with Gasteiger partial charge < -0.3 is 9.84 Å². The molecule has 1 rings (SSSR count). The molecule has 1 aromatic rings. The monoisotopic (exact) mass is 262 g/mol. The highest BCUT2D eigenvalue weighted by Gasteiger charge is 2.16. The maximum absolute atomic E-state index is 10.7. The molecular formula is C8H7BrO3S. The van der Waals surface area contributed by atoms with Crippen molar-refractivity contribution in [3.05, 3.63) is 27.4 Å². The van der Waals surface area contributed by atoms with Crippen molar-refractivity contribution in [3.63, 3.8) is 0 Å². The summed E-state index contributed by atoms with van der Waals surface area (Å²) in [6, 6.07) is 0. The van der Waals surface area contributed by atoms with E-state index in [1.165, 1.54) is 0 Å². The normalized spacial score (nSPS) is 9.62. The lowest BCUT2D eigenvalue weighted by atomic mass is 10.4. The van der Waals surface area contributed by atoms with E-state index in [1.54, 1.807) is 11.5 Å². The zero-order valence-corrected chi connectivity index (χ0v) is 9.02. The summed E-state index contributed by atoms with van der Waals surface area (Å²) in [4.78, 5) is 10.9. The van der Waals surface area contributed by atoms with E-state index in [4.69, 9.17) is 9.84 Å². The summed E-state index contributed by atoms with van der Waals surface area (Å²) in [7, 11) is 0. The first kappa shape index (κ1) is 10.3. The van der Waals surface area contributed by atoms with Crippen LogP contribution in [0.25, 0.3) is 0 Å². The van der Waals surface area contributed by atoms with Crippen molar-refractivity contribution in [1.29, 1.82) is 0 Å². The number of carboxylic acids is 1. The molecule has 0 aliphatic carbocycles. The first-order valence-corrected chi connectivity index (χ1v) is 5.08. The van der Waals surface area contributed by atoms with Gasteiger partial charge in [-0.3, -0.25) is 0 Å². The molecule has 0 unspecified atom stereocenters. The smallest absolute Gasteiger partial charge is 0.349 e. The van der Waals surface area contributed by atoms with Gasteiger partial charge in [-0.15, -0.1) is 11.3 Å². The lowest BCUT2D eigenvalue weighted by molar-refractivity contribution is 0.0698. The van der Waals surface area contributed by atoms with Gasteiger partial charge in [-0.2, -0.15) is 0 Å². The summed E-state index contributed by atoms with van der Waals surface area (Å²) in [5.41, 5.74) is 0. The number of halogens is 1. The van der Waals surface area contributed by atoms with E-state index in [2.05, 4.69) is 22.5 Å². The molecule has 0 bridgehead atoms. The predicted molar refractivity (Wildman–Crippen MR) is 54.7 cm³/mol. The van der Waals surface area contributed by atoms with Gasteiger partial charge in [0.05, 0.1) is 4.47 Å². The first-order chi connectivity index (χ1) is 6.16. The Morgan fingerprint density at radius 1 is 1.85 bits per heavy atom. The molecule has 0 atom stereocenters. The summed E-state index contributed by atoms with van der Waals surface area (Å²) in [5.74, 6) is -0.604. The van der Waals surface area contributed by atoms with Crippen LogP contribution in [0.15, 0.2) is 22.5 Å². The van der Waals surface area contributed by atoms with E-state index >= 15 is 0 Å². The fraction of sp³-hybridized carbons (Fsp3) is 0.125. The highest BCUT2D eigenvalue weighted by molar-refractivity contribution is 9.10. The Morgan fingerprint density at radius 3 is 3.08 bits per heavy atom. The third kappa shape index (κ3) is 2.32. The Bertz CT molecular complexity index is 332. The van der Waals surface area contributed by atoms with E-state index in [0.717, 1.165) is 11.3 Å². The lowest BCUT2D eigenvalue weighted by Gasteiger charge is -2.02. The largest absolute Gasteiger partial charge is 0.487 e. The van der Waals surface area contributed by atoms with Crippen molar-refractivity contribution in [1.82, 2.24) is 0 Å². The molecule has 1 aromatic heterocycles. The highest BCUT2D eigenvalue weighted by Crippen LogP contribution is 2.34. The Kier molecular flexibility index (Phi) is 3.50. The minimum absolute atomic E-state index is 0.203. The van der Waals surface area contributed by atoms with E-state index in [9.17, 15) is 4.79 Å². The third-order valence-corrected chi connectivity index (χ3v) is 3.08. The Labute approximate surface area is 87.8 Å². The van der Waals surface area contributed by atoms with Gasteiger partial charge in [0, 0.05) is 5.38 Å². The van der Waals surface area contributed by atoms with E-state index in [0.29, 0.717) is 16.8 Å². The Morgan fingerprint density at radius 2 is 2.54 bits per heavy atom. The summed E-state index contributed by atoms with van der Waals surface area (Å²) >= 11 is 4.33. The van der Waals surface area contributed by atoms with Crippen molar-refractivity contribution in [2.45, 2.75) is 0 Å². The van der Waals surface area contributed by atoms with E-state index in [1.807, 2.05) is 0 Å². The molecule has 70 valence electrons. The molecule has 0 fully saturated rings. The predicted octanol–water partition coefficient (Wildman–Crippen LogP) is 2.77. The summed E-state index contributed by atoms with van der Waals surface area (Å²) in [6.07, 6.45) is 1.57. The van der Waals surface area contributed by atoms with Crippen LogP contribution < -0.4 is 4.74 Å². The molecule has 13 heavy (non-hydrogen) atoms. The zero-order chi connectivity index (χ0) is 9.84. The molecule has 0 radical (unpaired) electrons. The van der Waals surface area contributed by atoms with Crippen LogP contribution in [0.2, 0.25) is 0 Å². The van der Waals surface area contributed by atoms with Crippen LogP contribution in [-0.4, -0.2) is 17.7 Å². The second-order valence-corrected chi connectivity index (χ2v) is 3.88. The van der Waals surface area contributed by atoms with Crippen molar-refractivity contribution in [2.75, 3.05) is 6.61 Å². The van der Waals surface area contributed by atoms with Gasteiger partial charge in [0.1, 0.15) is 6.61 Å². The van der Waals surface area contributed by atoms with Crippen molar-refractivity contribution in [3.8, 4) is 5.75 Å². The number of ether oxygens (including phenoxy) is 1. The minimum atomic E-state index is -0.977. The standard InChI is InChI=1S/C8H7BrO3S/c1-2-3-12-6-5(9)4-13-7(6)8(10)11/h2,4H,1,3H2,(H,10,11). The number of hydrogen-bond acceptors (Lipinski definition) is 3. The van der Waals surface area contributed by atoms with Gasteiger partial charge in [-0.25, -0.2) is 4.79 Å². The molecule has 0 spiro atoms. The lowest BCUT2D eigenvalue weighted by Crippen LogP contribution is -1.99. The van der Waals surface area contributed by atoms with Crippen LogP contribution in [0, 0.1) is 0 Å². The summed E-state index contributed by atoms with van der Waals surface area (Å²) in [5, 5.41) is 10.4. The average molecular weight is 263 g/mol. The van der Waals surface area contributed by atoms with Gasteiger partial charge in [0.2, 0.25) is 0 Å². The number of rotatable bonds is 4. The Balaban J connectivity index is 2.94. The van der Waals surface area contributed by atoms with Crippen LogP contribution >= 0.6 is 27.3 Å². The third-order valence-electron chi connectivity index (χ3n) is 1.24. The molecule has 1 N–H and O–H groups in total. The van der Waals surface area contributed by atoms with Crippen molar-refractivity contribution in [2.24, 2.45) is 0 Å². The molecule has 5 heteroatoms. The molecule has 1 heterocycles. The SMILES string of the molecule is C=CCOc1c(Br)csc1C(=O)O. The second kappa shape index (κ2) is 4.43. The molecule has 3 nitrogen and oxygen atoms in total. The van der Waals surface area contributed by atoms with Gasteiger partial charge in [0.15, 0.2) is 10.6 Å². The van der Waals surface area contributed by atoms with Gasteiger partial charge in [0.25, 0.3) is 0 Å². The van der Waals surface area contributed by atoms with Crippen LogP contribution in [0.4, 0.5) is 0 Å². The molecule has 0 amide bonds. The molecule has 0 aliphatic rings. The summed E-state index contributed by atoms with van der Waals surface area (Å²) < 4.78 is 5.85. The zero-order valence-electron chi connectivity index (χ0n) is 6.62. The van der Waals surface area contributed by atoms with Crippen LogP contribution in [0.3, 0.4) is 0 Å². The van der Waals surface area contributed by atoms with Gasteiger partial charge in [-0.05, 0) is 15.9 Å². The van der Waals surface area contributed by atoms with Gasteiger partial charge >= 0.3 is 5.97 Å². The highest BCUT2D eigenvalue weighted by atomic mass is 79.9. The number of carboxylic acid groups (broad SMARTS) is 1. The van der Waals surface area contributed by atoms with E-state index in [-0.39, 0.29) is 4.88 Å². The topological polar surface area (TPSA) is 46.5 Å². The fourth-order valence-electron chi connectivity index (χ4n) is 0.750. The first-order valence-electron chi connectivity index (χ1n) is 3.40. The van der Waals surface area contributed by atoms with Crippen molar-refractivity contribution >= 4 is 33.2 Å². The average Bonchev–Trinajstić information content (AvgIpc) is 2.43. The number of hydrogen-bond donors (Lipinski definition) is 1. The molecular weight excluding hydrogens is 256 g/mol. The van der Waals surface area contributed by atoms with Crippen LogP contribution in [0.1, 0.15) is 9.67 Å². The second-order valence-electron chi connectivity index (χ2n) is 2.15. The molecule has 0 saturated carbocycles. The van der Waals surface area contributed by atoms with Crippen LogP contribution in [0.5, 0.6) is 5.75 Å². The minimum Gasteiger partial charge on any atom is -0.487 e. The molecule has 0 saturated heterocycles. The Hall–Kier alpha value is -0.810. The maximum atomic E-state index is 10.7. The number of carbonyl (C=O) groups is 1. The summed E-state index contributed by atoms with van der Waals surface area (Å²) in [6.45, 7) is 3.78. The number of aromatic carboxylic acids is 1. The van der Waals surface area contributed by atoms with Crippen LogP contribution in [-0.2, 0) is 0 Å². The fourth-order valence-corrected chi connectivity index (χ4v) is 2.18. The maximum Gasteiger partial charge on any atom is 0.349 e. The number of thiophene rings is 1. The van der Waals surface area contributed by atoms with E-state index < -0.39 is 5.97 Å². The molecule has 0 aliphatic heterocycles. The molecule has 0 aromatic carbocycles. The quantitative estimate of drug-likeness (QED) is 0.849. The van der Waals surface area contributed by atoms with Gasteiger partial charge in [-0.1, -0.05) is 12.7 Å².